The minimum Gasteiger partial charge on any atom is -0.480 e. The highest BCUT2D eigenvalue weighted by Crippen LogP contribution is 2.58. The van der Waals surface area contributed by atoms with Crippen LogP contribution in [-0.4, -0.2) is 58.3 Å². The number of allylic oxidation sites excluding steroid dienone is 1. The second-order valence-electron chi connectivity index (χ2n) is 11.8. The molecule has 1 aromatic rings. The first-order valence-corrected chi connectivity index (χ1v) is 13.8. The molecule has 1 saturated heterocycles. The van der Waals surface area contributed by atoms with E-state index in [-0.39, 0.29) is 29.2 Å². The average Bonchev–Trinajstić information content (AvgIpc) is 3.18. The highest BCUT2D eigenvalue weighted by Gasteiger charge is 2.60. The highest BCUT2D eigenvalue weighted by atomic mass is 35.5. The van der Waals surface area contributed by atoms with Gasteiger partial charge in [-0.3, -0.25) is 24.8 Å². The number of hydrogen-bond acceptors (Lipinski definition) is 8. The van der Waals surface area contributed by atoms with Crippen LogP contribution >= 0.6 is 11.6 Å². The summed E-state index contributed by atoms with van der Waals surface area (Å²) in [7, 11) is 1.64. The summed E-state index contributed by atoms with van der Waals surface area (Å²) in [4.78, 5) is 29.9. The number of esters is 1. The molecule has 2 aliphatic heterocycles. The number of hydrogen-bond donors (Lipinski definition) is 4. The summed E-state index contributed by atoms with van der Waals surface area (Å²) < 4.78 is 5.87. The van der Waals surface area contributed by atoms with Crippen molar-refractivity contribution in [1.82, 2.24) is 5.32 Å². The monoisotopic (exact) mass is 560 g/mol. The largest absolute Gasteiger partial charge is 0.480 e. The van der Waals surface area contributed by atoms with Crippen LogP contribution in [0.5, 0.6) is 0 Å². The summed E-state index contributed by atoms with van der Waals surface area (Å²) in [5.41, 5.74) is 0.213. The zero-order valence-corrected chi connectivity index (χ0v) is 23.7. The number of anilines is 1. The summed E-state index contributed by atoms with van der Waals surface area (Å²) in [5.74, 6) is -2.65. The van der Waals surface area contributed by atoms with E-state index < -0.39 is 47.4 Å². The van der Waals surface area contributed by atoms with Crippen molar-refractivity contribution in [2.75, 3.05) is 12.1 Å². The van der Waals surface area contributed by atoms with E-state index >= 15 is 0 Å². The predicted molar refractivity (Wildman–Crippen MR) is 145 cm³/mol. The first-order valence-electron chi connectivity index (χ1n) is 13.4. The van der Waals surface area contributed by atoms with Crippen LogP contribution in [0.2, 0.25) is 5.02 Å². The second-order valence-corrected chi connectivity index (χ2v) is 12.2. The lowest BCUT2D eigenvalue weighted by molar-refractivity contribution is -0.163. The van der Waals surface area contributed by atoms with Crippen LogP contribution in [0.15, 0.2) is 35.9 Å². The fourth-order valence-corrected chi connectivity index (χ4v) is 7.81. The number of carbonyl (C=O) groups is 2. The molecular weight excluding hydrogens is 524 g/mol. The number of carboxylic acid groups (broad SMARTS) is 1. The number of nitrogens with zero attached hydrogens (tertiary/aromatic N) is 1. The number of aliphatic carboxylic acids is 1. The van der Waals surface area contributed by atoms with Crippen LogP contribution in [0.4, 0.5) is 5.69 Å². The zero-order chi connectivity index (χ0) is 28.6. The van der Waals surface area contributed by atoms with Gasteiger partial charge in [0.15, 0.2) is 6.23 Å². The molecule has 2 fully saturated rings. The molecule has 0 bridgehead atoms. The van der Waals surface area contributed by atoms with E-state index in [2.05, 4.69) is 11.9 Å². The molecule has 39 heavy (non-hydrogen) atoms. The van der Waals surface area contributed by atoms with E-state index in [1.165, 1.54) is 12.0 Å². The van der Waals surface area contributed by atoms with Gasteiger partial charge in [0.05, 0.1) is 22.2 Å². The van der Waals surface area contributed by atoms with Gasteiger partial charge in [0.25, 0.3) is 0 Å². The molecule has 9 nitrogen and oxygen atoms in total. The van der Waals surface area contributed by atoms with Crippen molar-refractivity contribution in [2.24, 2.45) is 17.8 Å². The number of hydroxylamine groups is 1. The minimum atomic E-state index is -1.69. The molecule has 1 unspecified atom stereocenters. The van der Waals surface area contributed by atoms with Crippen LogP contribution in [0.3, 0.4) is 0 Å². The molecule has 0 amide bonds. The van der Waals surface area contributed by atoms with Gasteiger partial charge in [0, 0.05) is 31.9 Å². The van der Waals surface area contributed by atoms with Crippen molar-refractivity contribution in [3.63, 3.8) is 0 Å². The number of fused-ring (bicyclic) bond motifs is 4. The van der Waals surface area contributed by atoms with E-state index in [9.17, 15) is 24.9 Å². The van der Waals surface area contributed by atoms with Gasteiger partial charge in [-0.2, -0.15) is 0 Å². The Labute approximate surface area is 233 Å². The molecule has 1 aromatic carbocycles. The van der Waals surface area contributed by atoms with E-state index in [4.69, 9.17) is 21.2 Å². The van der Waals surface area contributed by atoms with E-state index in [0.29, 0.717) is 16.8 Å². The van der Waals surface area contributed by atoms with Gasteiger partial charge < -0.3 is 20.1 Å². The number of halogens is 1. The maximum atomic E-state index is 12.7. The summed E-state index contributed by atoms with van der Waals surface area (Å²) in [6.45, 7) is 11.4. The Morgan fingerprint density at radius 1 is 1.26 bits per heavy atom. The number of ether oxygens (including phenoxy) is 1. The van der Waals surface area contributed by atoms with Crippen LogP contribution < -0.4 is 10.4 Å². The summed E-state index contributed by atoms with van der Waals surface area (Å²) in [6, 6.07) is 2.47. The maximum Gasteiger partial charge on any atom is 0.320 e. The lowest BCUT2D eigenvalue weighted by Crippen LogP contribution is -2.60. The highest BCUT2D eigenvalue weighted by molar-refractivity contribution is 6.33. The van der Waals surface area contributed by atoms with E-state index in [1.54, 1.807) is 19.2 Å². The molecule has 4 N–H and O–H groups in total. The van der Waals surface area contributed by atoms with Crippen molar-refractivity contribution < 1.29 is 34.5 Å². The SMILES string of the molecule is C=C(C)[C@@H]1CC[C@@H](C)[C@]2(O)[C@@H](c3cc(Cl)c4c(c3)[C@]3(O)C[C@@H](C(=O)O)N[C@@H]3ON4C)C(OC(C)=O)C(C)=C[C@@H]12. The lowest BCUT2D eigenvalue weighted by atomic mass is 9.52. The lowest BCUT2D eigenvalue weighted by Gasteiger charge is -2.56. The summed E-state index contributed by atoms with van der Waals surface area (Å²) in [6.07, 6.45) is 1.76. The van der Waals surface area contributed by atoms with E-state index in [0.717, 1.165) is 24.0 Å². The molecule has 9 atom stereocenters. The fourth-order valence-electron chi connectivity index (χ4n) is 7.46. The van der Waals surface area contributed by atoms with Gasteiger partial charge in [-0.25, -0.2) is 0 Å². The zero-order valence-electron chi connectivity index (χ0n) is 22.9. The van der Waals surface area contributed by atoms with Crippen LogP contribution in [0, 0.1) is 17.8 Å². The third-order valence-electron chi connectivity index (χ3n) is 9.38. The van der Waals surface area contributed by atoms with Crippen molar-refractivity contribution in [3.8, 4) is 0 Å². The molecule has 4 aliphatic rings. The van der Waals surface area contributed by atoms with Crippen molar-refractivity contribution >= 4 is 29.2 Å². The van der Waals surface area contributed by atoms with Crippen LogP contribution in [0.25, 0.3) is 0 Å². The number of carbonyl (C=O) groups excluding carboxylic acids is 1. The number of aliphatic hydroxyl groups is 2. The number of nitrogens with one attached hydrogen (secondary N) is 1. The van der Waals surface area contributed by atoms with Crippen LogP contribution in [-0.2, 0) is 24.8 Å². The molecule has 1 saturated carbocycles. The van der Waals surface area contributed by atoms with Gasteiger partial charge in [-0.1, -0.05) is 36.8 Å². The van der Waals surface area contributed by atoms with Crippen molar-refractivity contribution in [3.05, 3.63) is 52.1 Å². The summed E-state index contributed by atoms with van der Waals surface area (Å²) in [5, 5.41) is 38.8. The average molecular weight is 561 g/mol. The molecule has 0 radical (unpaired) electrons. The van der Waals surface area contributed by atoms with Gasteiger partial charge in [-0.15, -0.1) is 0 Å². The normalized spacial score (nSPS) is 39.2. The first kappa shape index (κ1) is 28.1. The molecule has 0 spiro atoms. The second kappa shape index (κ2) is 9.59. The Morgan fingerprint density at radius 2 is 1.95 bits per heavy atom. The molecule has 2 heterocycles. The third-order valence-corrected chi connectivity index (χ3v) is 9.66. The van der Waals surface area contributed by atoms with Crippen molar-refractivity contribution in [1.29, 1.82) is 0 Å². The topological polar surface area (TPSA) is 129 Å². The Bertz CT molecular complexity index is 1270. The minimum absolute atomic E-state index is 0.0403. The predicted octanol–water partition coefficient (Wildman–Crippen LogP) is 3.63. The fraction of sp³-hybridized carbons (Fsp3) is 0.586. The van der Waals surface area contributed by atoms with Gasteiger partial charge >= 0.3 is 11.9 Å². The smallest absolute Gasteiger partial charge is 0.320 e. The third kappa shape index (κ3) is 4.21. The quantitative estimate of drug-likeness (QED) is 0.322. The molecule has 5 rings (SSSR count). The Hall–Kier alpha value is -2.43. The van der Waals surface area contributed by atoms with E-state index in [1.807, 2.05) is 26.8 Å². The van der Waals surface area contributed by atoms with Crippen LogP contribution in [0.1, 0.15) is 64.0 Å². The number of carboxylic acids is 1. The number of rotatable bonds is 4. The van der Waals surface area contributed by atoms with Gasteiger partial charge in [-0.05, 0) is 61.8 Å². The Kier molecular flexibility index (Phi) is 6.91. The standard InChI is InChI=1S/C29H37ClN2O7/c1-13(2)18-8-7-15(4)29(37)19(18)9-14(3)25(38-16(5)33)23(29)17-10-20-24(21(30)11-17)32(6)39-27-28(20,36)12-22(31-27)26(34)35/h9-11,15,18-19,22-23,25,27,31,36-37H,1,7-8,12H2,2-6H3,(H,34,35)/t15-,18+,19+,22+,23+,25?,27-,28-,29-/m1/s1. The van der Waals surface area contributed by atoms with Gasteiger partial charge in [0.1, 0.15) is 17.7 Å². The first-order chi connectivity index (χ1) is 18.2. The molecular formula is C29H37ClN2O7. The number of benzene rings is 1. The molecule has 10 heteroatoms. The van der Waals surface area contributed by atoms with Gasteiger partial charge in [0.2, 0.25) is 0 Å². The summed E-state index contributed by atoms with van der Waals surface area (Å²) >= 11 is 6.85. The Morgan fingerprint density at radius 3 is 2.56 bits per heavy atom. The molecule has 0 aromatic heterocycles. The van der Waals surface area contributed by atoms with Crippen molar-refractivity contribution in [2.45, 2.75) is 82.5 Å². The maximum absolute atomic E-state index is 12.7. The molecule has 2 aliphatic carbocycles. The Balaban J connectivity index is 1.72. The molecule has 212 valence electrons.